The second-order valence-corrected chi connectivity index (χ2v) is 11.3. The Bertz CT molecular complexity index is 743. The molecule has 3 atom stereocenters. The minimum atomic E-state index is 0.0527. The normalized spacial score (nSPS) is 16.5. The Morgan fingerprint density at radius 1 is 1.06 bits per heavy atom. The van der Waals surface area contributed by atoms with E-state index in [2.05, 4.69) is 55.6 Å². The third kappa shape index (κ3) is 12.6. The van der Waals surface area contributed by atoms with E-state index in [1.807, 2.05) is 11.8 Å². The minimum Gasteiger partial charge on any atom is -0.469 e. The van der Waals surface area contributed by atoms with Crippen molar-refractivity contribution < 1.29 is 9.15 Å². The number of thioether (sulfide) groups is 1. The SMILES string of the molecule is CC(=CSCC(Nc1cocn1)C1=COC=CN1)CCCC(C)CCCC(C)CCCC(C)C. The monoisotopic (exact) mass is 489 g/mol. The van der Waals surface area contributed by atoms with Gasteiger partial charge in [-0.3, -0.25) is 0 Å². The summed E-state index contributed by atoms with van der Waals surface area (Å²) in [7, 11) is 0. The van der Waals surface area contributed by atoms with Gasteiger partial charge in [0.15, 0.2) is 12.2 Å². The zero-order chi connectivity index (χ0) is 24.6. The summed E-state index contributed by atoms with van der Waals surface area (Å²) in [5.74, 6) is 4.16. The highest BCUT2D eigenvalue weighted by atomic mass is 32.2. The Labute approximate surface area is 212 Å². The van der Waals surface area contributed by atoms with Gasteiger partial charge in [-0.2, -0.15) is 4.98 Å². The number of allylic oxidation sites excluding steroid dienone is 1. The number of rotatable bonds is 18. The Hall–Kier alpha value is -1.82. The number of anilines is 1. The lowest BCUT2D eigenvalue weighted by Gasteiger charge is -2.22. The van der Waals surface area contributed by atoms with Crippen LogP contribution >= 0.6 is 11.8 Å². The molecule has 0 bridgehead atoms. The van der Waals surface area contributed by atoms with E-state index in [0.717, 1.165) is 35.0 Å². The zero-order valence-corrected chi connectivity index (χ0v) is 22.8. The van der Waals surface area contributed by atoms with Gasteiger partial charge in [0.2, 0.25) is 0 Å². The summed E-state index contributed by atoms with van der Waals surface area (Å²) >= 11 is 1.83. The number of hydrogen-bond acceptors (Lipinski definition) is 6. The average molecular weight is 490 g/mol. The highest BCUT2D eigenvalue weighted by Crippen LogP contribution is 2.23. The van der Waals surface area contributed by atoms with E-state index in [1.54, 1.807) is 25.0 Å². The molecule has 5 nitrogen and oxygen atoms in total. The van der Waals surface area contributed by atoms with E-state index >= 15 is 0 Å². The van der Waals surface area contributed by atoms with Crippen molar-refractivity contribution in [2.24, 2.45) is 17.8 Å². The van der Waals surface area contributed by atoms with Gasteiger partial charge >= 0.3 is 0 Å². The van der Waals surface area contributed by atoms with Crippen LogP contribution in [0.5, 0.6) is 0 Å². The standard InChI is InChI=1S/C28H47N3O2S/c1-22(2)9-6-10-23(3)11-7-12-24(4)13-8-14-25(5)19-34-20-27(26-17-32-16-15-29-26)31-28-18-33-21-30-28/h15-19,21-24,27,29,31H,6-14,20H2,1-5H3. The van der Waals surface area contributed by atoms with Crippen LogP contribution in [0.15, 0.2) is 52.5 Å². The Morgan fingerprint density at radius 3 is 2.38 bits per heavy atom. The highest BCUT2D eigenvalue weighted by molar-refractivity contribution is 8.02. The zero-order valence-electron chi connectivity index (χ0n) is 22.0. The van der Waals surface area contributed by atoms with Crippen LogP contribution < -0.4 is 10.6 Å². The quantitative estimate of drug-likeness (QED) is 0.216. The van der Waals surface area contributed by atoms with Gasteiger partial charge in [-0.25, -0.2) is 0 Å². The van der Waals surface area contributed by atoms with Crippen molar-refractivity contribution in [2.45, 2.75) is 98.4 Å². The number of hydrogen-bond donors (Lipinski definition) is 2. The maximum atomic E-state index is 5.34. The van der Waals surface area contributed by atoms with E-state index < -0.39 is 0 Å². The van der Waals surface area contributed by atoms with Gasteiger partial charge in [-0.1, -0.05) is 78.2 Å². The maximum absolute atomic E-state index is 5.34. The second-order valence-electron chi connectivity index (χ2n) is 10.4. The molecule has 0 aliphatic carbocycles. The van der Waals surface area contributed by atoms with E-state index in [-0.39, 0.29) is 6.04 Å². The van der Waals surface area contributed by atoms with Gasteiger partial charge in [0.05, 0.1) is 11.7 Å². The smallest absolute Gasteiger partial charge is 0.182 e. The molecule has 0 radical (unpaired) electrons. The van der Waals surface area contributed by atoms with Crippen molar-refractivity contribution in [2.75, 3.05) is 11.1 Å². The Morgan fingerprint density at radius 2 is 1.76 bits per heavy atom. The van der Waals surface area contributed by atoms with Crippen molar-refractivity contribution in [3.8, 4) is 0 Å². The first-order valence-electron chi connectivity index (χ1n) is 13.1. The second kappa shape index (κ2) is 16.7. The number of ether oxygens (including phenoxy) is 1. The predicted molar refractivity (Wildman–Crippen MR) is 146 cm³/mol. The fourth-order valence-corrected chi connectivity index (χ4v) is 5.18. The van der Waals surface area contributed by atoms with Gasteiger partial charge in [-0.05, 0) is 42.9 Å². The molecule has 0 saturated carbocycles. The van der Waals surface area contributed by atoms with E-state index in [4.69, 9.17) is 9.15 Å². The molecule has 0 saturated heterocycles. The molecule has 2 rings (SSSR count). The Balaban J connectivity index is 1.61. The first-order chi connectivity index (χ1) is 16.4. The lowest BCUT2D eigenvalue weighted by molar-refractivity contribution is 0.379. The summed E-state index contributed by atoms with van der Waals surface area (Å²) in [6.45, 7) is 11.8. The molecular formula is C28H47N3O2S. The fourth-order valence-electron chi connectivity index (χ4n) is 4.22. The van der Waals surface area contributed by atoms with Gasteiger partial charge < -0.3 is 19.8 Å². The first-order valence-corrected chi connectivity index (χ1v) is 14.2. The number of oxazole rings is 1. The molecule has 0 amide bonds. The van der Waals surface area contributed by atoms with Crippen LogP contribution in [0.4, 0.5) is 5.82 Å². The van der Waals surface area contributed by atoms with Crippen molar-refractivity contribution in [1.82, 2.24) is 10.3 Å². The molecule has 3 unspecified atom stereocenters. The molecule has 2 N–H and O–H groups in total. The molecule has 6 heteroatoms. The molecule has 1 aliphatic heterocycles. The van der Waals surface area contributed by atoms with Crippen LogP contribution in [0.25, 0.3) is 0 Å². The topological polar surface area (TPSA) is 59.3 Å². The Kier molecular flexibility index (Phi) is 14.0. The number of nitrogens with zero attached hydrogens (tertiary/aromatic N) is 1. The van der Waals surface area contributed by atoms with E-state index in [9.17, 15) is 0 Å². The molecule has 1 aromatic rings. The van der Waals surface area contributed by atoms with Crippen LogP contribution in [-0.2, 0) is 4.74 Å². The summed E-state index contributed by atoms with van der Waals surface area (Å²) in [5, 5.41) is 8.97. The molecule has 0 aromatic carbocycles. The molecule has 2 heterocycles. The molecule has 1 aromatic heterocycles. The van der Waals surface area contributed by atoms with Gasteiger partial charge in [0.25, 0.3) is 0 Å². The molecule has 1 aliphatic rings. The third-order valence-electron chi connectivity index (χ3n) is 6.41. The molecular weight excluding hydrogens is 442 g/mol. The van der Waals surface area contributed by atoms with Crippen molar-refractivity contribution in [3.63, 3.8) is 0 Å². The van der Waals surface area contributed by atoms with Crippen molar-refractivity contribution in [3.05, 3.63) is 48.1 Å². The fraction of sp³-hybridized carbons (Fsp3) is 0.679. The summed E-state index contributed by atoms with van der Waals surface area (Å²) in [6, 6.07) is 0.0527. The first kappa shape index (κ1) is 28.4. The van der Waals surface area contributed by atoms with E-state index in [0.29, 0.717) is 0 Å². The molecule has 34 heavy (non-hydrogen) atoms. The van der Waals surface area contributed by atoms with Gasteiger partial charge in [-0.15, -0.1) is 11.8 Å². The van der Waals surface area contributed by atoms with Crippen molar-refractivity contribution >= 4 is 17.6 Å². The summed E-state index contributed by atoms with van der Waals surface area (Å²) in [4.78, 5) is 4.18. The van der Waals surface area contributed by atoms with Crippen LogP contribution in [-0.4, -0.2) is 16.8 Å². The van der Waals surface area contributed by atoms with Crippen LogP contribution in [0.3, 0.4) is 0 Å². The largest absolute Gasteiger partial charge is 0.469 e. The van der Waals surface area contributed by atoms with Gasteiger partial charge in [0, 0.05) is 12.0 Å². The summed E-state index contributed by atoms with van der Waals surface area (Å²) in [6.07, 6.45) is 20.3. The summed E-state index contributed by atoms with van der Waals surface area (Å²) in [5.41, 5.74) is 2.44. The lowest BCUT2D eigenvalue weighted by atomic mass is 9.91. The predicted octanol–water partition coefficient (Wildman–Crippen LogP) is 8.46. The number of aromatic nitrogens is 1. The van der Waals surface area contributed by atoms with Crippen LogP contribution in [0.1, 0.15) is 92.4 Å². The summed E-state index contributed by atoms with van der Waals surface area (Å²) < 4.78 is 10.4. The van der Waals surface area contributed by atoms with Crippen LogP contribution in [0.2, 0.25) is 0 Å². The lowest BCUT2D eigenvalue weighted by Crippen LogP contribution is -2.31. The third-order valence-corrected chi connectivity index (χ3v) is 7.50. The number of nitrogens with one attached hydrogen (secondary N) is 2. The maximum Gasteiger partial charge on any atom is 0.182 e. The molecule has 0 spiro atoms. The average Bonchev–Trinajstić information content (AvgIpc) is 3.32. The van der Waals surface area contributed by atoms with Crippen LogP contribution in [0, 0.1) is 17.8 Å². The molecule has 0 fully saturated rings. The van der Waals surface area contributed by atoms with Crippen molar-refractivity contribution in [1.29, 1.82) is 0 Å². The highest BCUT2D eigenvalue weighted by Gasteiger charge is 2.17. The minimum absolute atomic E-state index is 0.0527. The van der Waals surface area contributed by atoms with E-state index in [1.165, 1.54) is 69.8 Å². The van der Waals surface area contributed by atoms with Gasteiger partial charge in [0.1, 0.15) is 18.8 Å². The molecule has 192 valence electrons.